The Balaban J connectivity index is 1.21. The molecule has 37 heavy (non-hydrogen) atoms. The van der Waals surface area contributed by atoms with Gasteiger partial charge in [0.2, 0.25) is 15.9 Å². The number of nitrogens with zero attached hydrogens (tertiary/aromatic N) is 1. The van der Waals surface area contributed by atoms with Crippen LogP contribution in [0.2, 0.25) is 0 Å². The van der Waals surface area contributed by atoms with E-state index in [4.69, 9.17) is 0 Å². The van der Waals surface area contributed by atoms with Gasteiger partial charge in [-0.2, -0.15) is 0 Å². The highest BCUT2D eigenvalue weighted by atomic mass is 32.2. The molecule has 2 fully saturated rings. The summed E-state index contributed by atoms with van der Waals surface area (Å²) in [5.74, 6) is 0.280. The summed E-state index contributed by atoms with van der Waals surface area (Å²) < 4.78 is 31.4. The number of hydrogen-bond acceptors (Lipinski definition) is 4. The normalized spacial score (nSPS) is 21.6. The number of aliphatic hydroxyl groups is 1. The summed E-state index contributed by atoms with van der Waals surface area (Å²) in [6.07, 6.45) is 4.76. The van der Waals surface area contributed by atoms with Crippen LogP contribution in [-0.4, -0.2) is 35.6 Å². The minimum absolute atomic E-state index is 0.0992. The highest BCUT2D eigenvalue weighted by Crippen LogP contribution is 2.42. The minimum atomic E-state index is -3.67. The predicted octanol–water partition coefficient (Wildman–Crippen LogP) is 4.52. The second-order valence-corrected chi connectivity index (χ2v) is 13.0. The van der Waals surface area contributed by atoms with Crippen LogP contribution in [0.5, 0.6) is 0 Å². The molecule has 2 aliphatic rings. The topological polar surface area (TPSA) is 100 Å². The number of rotatable bonds is 8. The maximum absolute atomic E-state index is 13.2. The summed E-state index contributed by atoms with van der Waals surface area (Å²) in [6.45, 7) is 3.38. The van der Waals surface area contributed by atoms with Crippen molar-refractivity contribution in [3.05, 3.63) is 65.9 Å². The molecule has 0 saturated heterocycles. The van der Waals surface area contributed by atoms with Crippen LogP contribution in [0.4, 0.5) is 0 Å². The highest BCUT2D eigenvalue weighted by molar-refractivity contribution is 7.89. The number of amides is 1. The van der Waals surface area contributed by atoms with Crippen molar-refractivity contribution in [2.45, 2.75) is 80.9 Å². The number of fused-ring (bicyclic) bond motifs is 1. The van der Waals surface area contributed by atoms with Gasteiger partial charge < -0.3 is 15.0 Å². The van der Waals surface area contributed by atoms with Crippen molar-refractivity contribution >= 4 is 26.8 Å². The first-order valence-electron chi connectivity index (χ1n) is 13.2. The molecule has 2 saturated carbocycles. The quantitative estimate of drug-likeness (QED) is 0.404. The lowest BCUT2D eigenvalue weighted by Gasteiger charge is -2.34. The molecule has 0 aliphatic heterocycles. The largest absolute Gasteiger partial charge is 0.388 e. The Morgan fingerprint density at radius 1 is 1.00 bits per heavy atom. The smallest absolute Gasteiger partial charge is 0.240 e. The van der Waals surface area contributed by atoms with Crippen LogP contribution >= 0.6 is 0 Å². The molecule has 2 aromatic carbocycles. The average Bonchev–Trinajstić information content (AvgIpc) is 3.65. The Morgan fingerprint density at radius 3 is 2.30 bits per heavy atom. The second kappa shape index (κ2) is 9.89. The molecule has 1 aromatic heterocycles. The van der Waals surface area contributed by atoms with Gasteiger partial charge in [0.15, 0.2) is 0 Å². The van der Waals surface area contributed by atoms with E-state index in [-0.39, 0.29) is 22.8 Å². The van der Waals surface area contributed by atoms with Crippen molar-refractivity contribution in [3.63, 3.8) is 0 Å². The van der Waals surface area contributed by atoms with Gasteiger partial charge in [0.05, 0.1) is 16.5 Å². The van der Waals surface area contributed by atoms with Crippen LogP contribution in [0.1, 0.15) is 75.6 Å². The minimum Gasteiger partial charge on any atom is -0.388 e. The number of carbonyl (C=O) groups is 1. The lowest BCUT2D eigenvalue weighted by atomic mass is 9.84. The fraction of sp³-hybridized carbons (Fsp3) is 0.483. The summed E-state index contributed by atoms with van der Waals surface area (Å²) in [5, 5.41) is 14.8. The van der Waals surface area contributed by atoms with Gasteiger partial charge in [0.1, 0.15) is 0 Å². The summed E-state index contributed by atoms with van der Waals surface area (Å²) in [7, 11) is -1.67. The first-order valence-corrected chi connectivity index (χ1v) is 14.7. The first kappa shape index (κ1) is 25.9. The maximum Gasteiger partial charge on any atom is 0.240 e. The highest BCUT2D eigenvalue weighted by Gasteiger charge is 2.34. The third-order valence-corrected chi connectivity index (χ3v) is 9.42. The lowest BCUT2D eigenvalue weighted by molar-refractivity contribution is -0.128. The molecular formula is C29H37N3O4S. The monoisotopic (exact) mass is 523 g/mol. The zero-order valence-electron chi connectivity index (χ0n) is 21.8. The number of sulfonamides is 1. The Kier molecular flexibility index (Phi) is 6.94. The summed E-state index contributed by atoms with van der Waals surface area (Å²) in [5.41, 5.74) is 1.94. The number of nitrogens with one attached hydrogen (secondary N) is 2. The van der Waals surface area contributed by atoms with Crippen LogP contribution < -0.4 is 10.0 Å². The molecule has 7 nitrogen and oxygen atoms in total. The van der Waals surface area contributed by atoms with Crippen LogP contribution in [0, 0.1) is 5.92 Å². The molecule has 3 aromatic rings. The fourth-order valence-electron chi connectivity index (χ4n) is 5.60. The third-order valence-electron chi connectivity index (χ3n) is 7.91. The Labute approximate surface area is 219 Å². The standard InChI is InChI=1S/C29H37N3O4S/c1-29(2,34)27(20-7-5-4-6-8-20)30-28(33)21-11-14-23(15-12-21)31-37(35,36)24-16-13-22-17-25(19-9-10-19)32(3)26(22)18-24/h4-8,13,16-19,21,23,27,31,34H,9-12,14-15H2,1-3H3,(H,30,33)/t21?,23?,27-/m0/s1. The van der Waals surface area contributed by atoms with E-state index in [2.05, 4.69) is 20.7 Å². The van der Waals surface area contributed by atoms with E-state index in [0.29, 0.717) is 31.6 Å². The van der Waals surface area contributed by atoms with E-state index >= 15 is 0 Å². The number of aryl methyl sites for hydroxylation is 1. The van der Waals surface area contributed by atoms with Gasteiger partial charge in [-0.05, 0) is 87.4 Å². The molecule has 2 aliphatic carbocycles. The van der Waals surface area contributed by atoms with E-state index in [9.17, 15) is 18.3 Å². The molecule has 0 radical (unpaired) electrons. The summed E-state index contributed by atoms with van der Waals surface area (Å²) >= 11 is 0. The van der Waals surface area contributed by atoms with Gasteiger partial charge in [0.25, 0.3) is 0 Å². The molecule has 8 heteroatoms. The number of aromatic nitrogens is 1. The maximum atomic E-state index is 13.2. The molecular weight excluding hydrogens is 486 g/mol. The van der Waals surface area contributed by atoms with E-state index in [1.165, 1.54) is 18.5 Å². The number of benzene rings is 2. The van der Waals surface area contributed by atoms with Gasteiger partial charge in [-0.15, -0.1) is 0 Å². The van der Waals surface area contributed by atoms with Crippen molar-refractivity contribution in [2.24, 2.45) is 13.0 Å². The SMILES string of the molecule is Cn1c(C2CC2)cc2ccc(S(=O)(=O)NC3CCC(C(=O)N[C@@H](c4ccccc4)C(C)(C)O)CC3)cc21. The summed E-state index contributed by atoms with van der Waals surface area (Å²) in [4.78, 5) is 13.4. The van der Waals surface area contributed by atoms with Gasteiger partial charge in [0, 0.05) is 30.2 Å². The van der Waals surface area contributed by atoms with Crippen LogP contribution in [-0.2, 0) is 21.9 Å². The van der Waals surface area contributed by atoms with E-state index in [0.717, 1.165) is 16.5 Å². The molecule has 1 atom stereocenters. The molecule has 198 valence electrons. The van der Waals surface area contributed by atoms with Crippen molar-refractivity contribution < 1.29 is 18.3 Å². The lowest BCUT2D eigenvalue weighted by Crippen LogP contribution is -2.46. The van der Waals surface area contributed by atoms with Gasteiger partial charge in [-0.1, -0.05) is 36.4 Å². The molecule has 5 rings (SSSR count). The Bertz CT molecular complexity index is 1380. The molecule has 0 unspecified atom stereocenters. The first-order chi connectivity index (χ1) is 17.5. The van der Waals surface area contributed by atoms with Crippen molar-refractivity contribution in [2.75, 3.05) is 0 Å². The van der Waals surface area contributed by atoms with Gasteiger partial charge >= 0.3 is 0 Å². The molecule has 3 N–H and O–H groups in total. The Morgan fingerprint density at radius 2 is 1.68 bits per heavy atom. The van der Waals surface area contributed by atoms with Crippen LogP contribution in [0.3, 0.4) is 0 Å². The third kappa shape index (κ3) is 5.61. The second-order valence-electron chi connectivity index (χ2n) is 11.3. The van der Waals surface area contributed by atoms with Crippen molar-refractivity contribution in [1.29, 1.82) is 0 Å². The molecule has 0 bridgehead atoms. The number of carbonyl (C=O) groups excluding carboxylic acids is 1. The van der Waals surface area contributed by atoms with Crippen LogP contribution in [0.25, 0.3) is 10.9 Å². The van der Waals surface area contributed by atoms with E-state index in [1.807, 2.05) is 43.4 Å². The Hall–Kier alpha value is -2.68. The van der Waals surface area contributed by atoms with Crippen molar-refractivity contribution in [3.8, 4) is 0 Å². The zero-order chi connectivity index (χ0) is 26.4. The van der Waals surface area contributed by atoms with Gasteiger partial charge in [-0.25, -0.2) is 13.1 Å². The predicted molar refractivity (Wildman–Crippen MR) is 145 cm³/mol. The average molecular weight is 524 g/mol. The zero-order valence-corrected chi connectivity index (χ0v) is 22.6. The van der Waals surface area contributed by atoms with E-state index in [1.54, 1.807) is 26.0 Å². The van der Waals surface area contributed by atoms with Crippen molar-refractivity contribution in [1.82, 2.24) is 14.6 Å². The molecule has 1 amide bonds. The number of hydrogen-bond donors (Lipinski definition) is 3. The van der Waals surface area contributed by atoms with E-state index < -0.39 is 21.7 Å². The fourth-order valence-corrected chi connectivity index (χ4v) is 6.93. The molecule has 0 spiro atoms. The molecule has 1 heterocycles. The van der Waals surface area contributed by atoms with Gasteiger partial charge in [-0.3, -0.25) is 4.79 Å². The summed E-state index contributed by atoms with van der Waals surface area (Å²) in [6, 6.07) is 16.2. The van der Waals surface area contributed by atoms with Crippen LogP contribution in [0.15, 0.2) is 59.5 Å².